The number of carbonyl (C=O) groups excluding carboxylic acids is 3. The van der Waals surface area contributed by atoms with Crippen molar-refractivity contribution in [3.8, 4) is 0 Å². The van der Waals surface area contributed by atoms with E-state index in [0.717, 1.165) is 70.6 Å². The summed E-state index contributed by atoms with van der Waals surface area (Å²) >= 11 is 0. The van der Waals surface area contributed by atoms with E-state index in [9.17, 15) is 19.5 Å². The van der Waals surface area contributed by atoms with Crippen LogP contribution in [-0.4, -0.2) is 82.3 Å². The Kier molecular flexibility index (Phi) is 56.8. The number of quaternary nitrogens is 1. The van der Waals surface area contributed by atoms with Crippen LogP contribution in [0.15, 0.2) is 60.8 Å². The number of carbonyl (C=O) groups is 3. The molecule has 0 heterocycles. The number of nitrogens with zero attached hydrogens (tertiary/aromatic N) is 1. The summed E-state index contributed by atoms with van der Waals surface area (Å²) in [6.07, 6.45) is 73.1. The molecule has 0 radical (unpaired) electrons. The smallest absolute Gasteiger partial charge is 0.306 e. The van der Waals surface area contributed by atoms with Gasteiger partial charge in [0.25, 0.3) is 0 Å². The summed E-state index contributed by atoms with van der Waals surface area (Å²) in [6, 6.07) is 0. The highest BCUT2D eigenvalue weighted by Gasteiger charge is 2.22. The Labute approximate surface area is 475 Å². The summed E-state index contributed by atoms with van der Waals surface area (Å²) in [6.45, 7) is 4.63. The first-order valence-corrected chi connectivity index (χ1v) is 32.4. The Balaban J connectivity index is 4.08. The summed E-state index contributed by atoms with van der Waals surface area (Å²) in [5.41, 5.74) is 0. The summed E-state index contributed by atoms with van der Waals surface area (Å²) in [7, 11) is 5.91. The lowest BCUT2D eigenvalue weighted by atomic mass is 10.0. The van der Waals surface area contributed by atoms with Crippen LogP contribution in [-0.2, 0) is 33.3 Å². The van der Waals surface area contributed by atoms with Crippen molar-refractivity contribution in [3.05, 3.63) is 60.8 Å². The molecule has 0 spiro atoms. The number of allylic oxidation sites excluding steroid dienone is 10. The third-order valence-corrected chi connectivity index (χ3v) is 14.3. The average Bonchev–Trinajstić information content (AvgIpc) is 3.40. The molecule has 0 N–H and O–H groups in total. The Morgan fingerprint density at radius 2 is 0.740 bits per heavy atom. The normalized spacial score (nSPS) is 13.1. The van der Waals surface area contributed by atoms with Crippen LogP contribution in [0.4, 0.5) is 0 Å². The van der Waals surface area contributed by atoms with Gasteiger partial charge in [-0.3, -0.25) is 9.59 Å². The largest absolute Gasteiger partial charge is 0.545 e. The van der Waals surface area contributed by atoms with Crippen LogP contribution in [0.3, 0.4) is 0 Å². The van der Waals surface area contributed by atoms with Gasteiger partial charge in [-0.2, -0.15) is 0 Å². The van der Waals surface area contributed by atoms with Crippen LogP contribution in [0, 0.1) is 0 Å². The lowest BCUT2D eigenvalue weighted by Gasteiger charge is -2.26. The molecule has 2 atom stereocenters. The quantitative estimate of drug-likeness (QED) is 0.0195. The molecule has 0 bridgehead atoms. The van der Waals surface area contributed by atoms with Crippen LogP contribution in [0.2, 0.25) is 0 Å². The van der Waals surface area contributed by atoms with Gasteiger partial charge in [-0.25, -0.2) is 0 Å². The average molecular weight is 1080 g/mol. The molecule has 9 heteroatoms. The van der Waals surface area contributed by atoms with Gasteiger partial charge in [0.2, 0.25) is 0 Å². The zero-order valence-electron chi connectivity index (χ0n) is 51.1. The monoisotopic (exact) mass is 1080 g/mol. The highest BCUT2D eigenvalue weighted by molar-refractivity contribution is 5.70. The van der Waals surface area contributed by atoms with Crippen molar-refractivity contribution in [3.63, 3.8) is 0 Å². The van der Waals surface area contributed by atoms with Crippen LogP contribution < -0.4 is 5.11 Å². The van der Waals surface area contributed by atoms with E-state index >= 15 is 0 Å². The van der Waals surface area contributed by atoms with Crippen molar-refractivity contribution in [1.82, 2.24) is 0 Å². The predicted molar refractivity (Wildman–Crippen MR) is 325 cm³/mol. The number of hydrogen-bond acceptors (Lipinski definition) is 8. The number of carboxylic acid groups (broad SMARTS) is 1. The molecule has 0 aromatic heterocycles. The van der Waals surface area contributed by atoms with E-state index in [-0.39, 0.29) is 38.6 Å². The number of esters is 2. The molecule has 0 fully saturated rings. The molecule has 448 valence electrons. The molecule has 0 aromatic carbocycles. The van der Waals surface area contributed by atoms with E-state index in [1.54, 1.807) is 0 Å². The topological polar surface area (TPSA) is 111 Å². The summed E-state index contributed by atoms with van der Waals surface area (Å²) in [4.78, 5) is 37.3. The number of unbranched alkanes of at least 4 members (excludes halogenated alkanes) is 35. The van der Waals surface area contributed by atoms with Crippen molar-refractivity contribution < 1.29 is 42.9 Å². The molecular formula is C68H123NO8. The molecule has 77 heavy (non-hydrogen) atoms. The number of carboxylic acids is 1. The van der Waals surface area contributed by atoms with E-state index < -0.39 is 24.3 Å². The minimum Gasteiger partial charge on any atom is -0.545 e. The molecule has 0 aliphatic heterocycles. The van der Waals surface area contributed by atoms with Gasteiger partial charge in [0.1, 0.15) is 13.2 Å². The second-order valence-electron chi connectivity index (χ2n) is 23.0. The van der Waals surface area contributed by atoms with Gasteiger partial charge < -0.3 is 33.3 Å². The molecule has 0 saturated heterocycles. The minimum atomic E-state index is -1.63. The predicted octanol–water partition coefficient (Wildman–Crippen LogP) is 18.2. The number of rotatable bonds is 60. The molecule has 9 nitrogen and oxygen atoms in total. The van der Waals surface area contributed by atoms with Gasteiger partial charge >= 0.3 is 11.9 Å². The van der Waals surface area contributed by atoms with Crippen molar-refractivity contribution in [2.45, 2.75) is 309 Å². The van der Waals surface area contributed by atoms with Crippen LogP contribution >= 0.6 is 0 Å². The zero-order valence-corrected chi connectivity index (χ0v) is 51.1. The fourth-order valence-corrected chi connectivity index (χ4v) is 9.33. The molecule has 0 aliphatic carbocycles. The Hall–Kier alpha value is -3.01. The highest BCUT2D eigenvalue weighted by atomic mass is 16.7. The van der Waals surface area contributed by atoms with Gasteiger partial charge in [-0.15, -0.1) is 0 Å². The van der Waals surface area contributed by atoms with Gasteiger partial charge in [-0.05, 0) is 57.8 Å². The molecule has 0 rings (SSSR count). The lowest BCUT2D eigenvalue weighted by Crippen LogP contribution is -2.44. The molecule has 0 saturated carbocycles. The molecule has 0 aromatic rings. The SMILES string of the molecule is CC/C=C\C/C=C\C/C=C\C/C=C\C/C=C\CCCCCC(=O)OC(COC(=O)CCCCCCCCCCCCCCCCCCCCCCCCCCCCCCCCCCC)COC(OCC[N+](C)(C)C)C(=O)[O-]. The number of aliphatic carboxylic acids is 1. The summed E-state index contributed by atoms with van der Waals surface area (Å²) in [5.74, 6) is -2.32. The first-order chi connectivity index (χ1) is 37.6. The molecule has 0 amide bonds. The van der Waals surface area contributed by atoms with Crippen LogP contribution in [0.5, 0.6) is 0 Å². The van der Waals surface area contributed by atoms with Crippen molar-refractivity contribution in [2.24, 2.45) is 0 Å². The maximum Gasteiger partial charge on any atom is 0.306 e. The van der Waals surface area contributed by atoms with E-state index in [1.165, 1.54) is 193 Å². The standard InChI is InChI=1S/C68H123NO8/c1-6-8-10-12-14-16-18-20-22-24-26-27-28-29-30-31-32-33-34-35-36-37-38-39-41-42-44-46-48-50-52-54-56-58-65(70)75-62-64(63-76-68(67(72)73)74-61-60-69(3,4)5)77-66(71)59-57-55-53-51-49-47-45-43-40-25-23-21-19-17-15-13-11-9-7-2/h9,11,15,17,21,23,40,43,47,49,64,68H,6-8,10,12-14,16,18-20,22,24-39,41-42,44-46,48,50-63H2,1-5H3/b11-9-,17-15-,23-21-,43-40-,49-47-. The Morgan fingerprint density at radius 3 is 1.10 bits per heavy atom. The Morgan fingerprint density at radius 1 is 0.403 bits per heavy atom. The van der Waals surface area contributed by atoms with E-state index in [4.69, 9.17) is 18.9 Å². The van der Waals surface area contributed by atoms with Gasteiger partial charge in [-0.1, -0.05) is 286 Å². The lowest BCUT2D eigenvalue weighted by molar-refractivity contribution is -0.870. The number of hydrogen-bond donors (Lipinski definition) is 0. The first-order valence-electron chi connectivity index (χ1n) is 32.4. The van der Waals surface area contributed by atoms with Crippen molar-refractivity contribution in [1.29, 1.82) is 0 Å². The maximum absolute atomic E-state index is 12.9. The first kappa shape index (κ1) is 74.0. The number of likely N-dealkylation sites (N-methyl/N-ethyl adjacent to an activating group) is 1. The summed E-state index contributed by atoms with van der Waals surface area (Å²) in [5, 5.41) is 11.8. The minimum absolute atomic E-state index is 0.140. The van der Waals surface area contributed by atoms with Gasteiger partial charge in [0, 0.05) is 12.8 Å². The van der Waals surface area contributed by atoms with E-state index in [1.807, 2.05) is 21.1 Å². The molecular weight excluding hydrogens is 959 g/mol. The third kappa shape index (κ3) is 60.5. The second kappa shape index (κ2) is 59.1. The van der Waals surface area contributed by atoms with Crippen LogP contribution in [0.1, 0.15) is 296 Å². The third-order valence-electron chi connectivity index (χ3n) is 14.3. The zero-order chi connectivity index (χ0) is 56.2. The molecule has 0 aliphatic rings. The van der Waals surface area contributed by atoms with Crippen molar-refractivity contribution in [2.75, 3.05) is 47.5 Å². The van der Waals surface area contributed by atoms with E-state index in [0.29, 0.717) is 17.4 Å². The fourth-order valence-electron chi connectivity index (χ4n) is 9.33. The maximum atomic E-state index is 12.9. The summed E-state index contributed by atoms with van der Waals surface area (Å²) < 4.78 is 22.7. The Bertz CT molecular complexity index is 1450. The second-order valence-corrected chi connectivity index (χ2v) is 23.0. The molecule has 2 unspecified atom stereocenters. The van der Waals surface area contributed by atoms with Crippen molar-refractivity contribution >= 4 is 17.9 Å². The van der Waals surface area contributed by atoms with Gasteiger partial charge in [0.15, 0.2) is 12.4 Å². The number of ether oxygens (including phenoxy) is 4. The van der Waals surface area contributed by atoms with Crippen LogP contribution in [0.25, 0.3) is 0 Å². The van der Waals surface area contributed by atoms with E-state index in [2.05, 4.69) is 74.6 Å². The fraction of sp³-hybridized carbons (Fsp3) is 0.809. The highest BCUT2D eigenvalue weighted by Crippen LogP contribution is 2.18. The van der Waals surface area contributed by atoms with Gasteiger partial charge in [0.05, 0.1) is 40.3 Å².